The molecule has 0 aliphatic carbocycles. The molecule has 0 saturated carbocycles. The Morgan fingerprint density at radius 1 is 1.00 bits per heavy atom. The maximum absolute atomic E-state index is 13.5. The number of nitrogens with zero attached hydrogens (tertiary/aromatic N) is 1. The largest absolute Gasteiger partial charge is 0.454 e. The highest BCUT2D eigenvalue weighted by atomic mass is 79.9. The van der Waals surface area contributed by atoms with Gasteiger partial charge < -0.3 is 14.5 Å². The number of carbonyl (C=O) groups excluding carboxylic acids is 2. The van der Waals surface area contributed by atoms with Crippen LogP contribution in [0.1, 0.15) is 34.8 Å². The smallest absolute Gasteiger partial charge is 0.333 e. The number of nitrogens with one attached hydrogen (secondary N) is 1. The van der Waals surface area contributed by atoms with Crippen LogP contribution in [0.5, 0.6) is 0 Å². The quantitative estimate of drug-likeness (QED) is 0.198. The minimum Gasteiger partial charge on any atom is -0.454 e. The van der Waals surface area contributed by atoms with Gasteiger partial charge in [-0.1, -0.05) is 88.1 Å². The summed E-state index contributed by atoms with van der Waals surface area (Å²) in [7, 11) is 5.85. The Hall–Kier alpha value is -2.90. The van der Waals surface area contributed by atoms with Crippen molar-refractivity contribution in [3.05, 3.63) is 94.5 Å². The molecule has 0 spiro atoms. The number of halogens is 1. The number of fused-ring (bicyclic) bond motifs is 3. The molecule has 2 atom stereocenters. The first kappa shape index (κ1) is 24.8. The molecule has 3 saturated heterocycles. The highest BCUT2D eigenvalue weighted by Gasteiger charge is 2.49. The summed E-state index contributed by atoms with van der Waals surface area (Å²) in [5, 5.41) is 3.35. The van der Waals surface area contributed by atoms with E-state index >= 15 is 0 Å². The number of rotatable bonds is 8. The van der Waals surface area contributed by atoms with Crippen molar-refractivity contribution in [2.75, 3.05) is 31.5 Å². The number of anilines is 1. The topological polar surface area (TPSA) is 55.4 Å². The zero-order chi connectivity index (χ0) is 25.1. The number of quaternary nitrogens is 1. The summed E-state index contributed by atoms with van der Waals surface area (Å²) in [6.07, 6.45) is 1.71. The number of hydrogen-bond donors (Lipinski definition) is 1. The van der Waals surface area contributed by atoms with Crippen molar-refractivity contribution in [3.8, 4) is 0 Å². The molecule has 0 unspecified atom stereocenters. The minimum absolute atomic E-state index is 0.0835. The van der Waals surface area contributed by atoms with Gasteiger partial charge in [-0.3, -0.25) is 4.79 Å². The third-order valence-corrected chi connectivity index (χ3v) is 8.19. The van der Waals surface area contributed by atoms with E-state index in [0.717, 1.165) is 41.7 Å². The van der Waals surface area contributed by atoms with Gasteiger partial charge in [-0.2, -0.15) is 0 Å². The van der Waals surface area contributed by atoms with Crippen LogP contribution in [0.4, 0.5) is 5.69 Å². The number of carbonyl (C=O) groups is 2. The van der Waals surface area contributed by atoms with Gasteiger partial charge in [0.2, 0.25) is 5.78 Å². The summed E-state index contributed by atoms with van der Waals surface area (Å²) < 4.78 is 7.59. The summed E-state index contributed by atoms with van der Waals surface area (Å²) in [6, 6.07) is 24.1. The SMILES string of the molecule is [B]c1ccc(C(=O)C[N+]23CCC(CC2)[C@@H](OC(=O)[C@H](Nc2ccccc2)c2ccccc2)C3)c(Br)c1. The highest BCUT2D eigenvalue weighted by Crippen LogP contribution is 2.37. The van der Waals surface area contributed by atoms with E-state index in [-0.39, 0.29) is 17.9 Å². The van der Waals surface area contributed by atoms with Crippen molar-refractivity contribution < 1.29 is 18.8 Å². The Bertz CT molecular complexity index is 1230. The minimum atomic E-state index is -0.607. The molecule has 0 amide bonds. The lowest BCUT2D eigenvalue weighted by molar-refractivity contribution is -0.938. The molecule has 0 aromatic heterocycles. The molecule has 3 aromatic rings. The van der Waals surface area contributed by atoms with Crippen LogP contribution >= 0.6 is 15.9 Å². The van der Waals surface area contributed by atoms with E-state index in [9.17, 15) is 9.59 Å². The second-order valence-corrected chi connectivity index (χ2v) is 10.8. The van der Waals surface area contributed by atoms with Gasteiger partial charge >= 0.3 is 5.97 Å². The van der Waals surface area contributed by atoms with Crippen molar-refractivity contribution in [3.63, 3.8) is 0 Å². The molecule has 2 bridgehead atoms. The standard InChI is InChI=1S/C29H29BBrN2O3/c30-22-11-12-24(25(31)17-22)26(34)18-33-15-13-20(14-16-33)27(19-33)36-29(35)28(21-7-3-1-4-8-21)32-23-9-5-2-6-10-23/h1-12,17,20,27-28,32H,13-16,18-19H2/q+1/t20?,27-,28+,33?/m0/s1. The molecule has 1 N–H and O–H groups in total. The summed E-state index contributed by atoms with van der Waals surface area (Å²) in [4.78, 5) is 26.8. The van der Waals surface area contributed by atoms with Gasteiger partial charge in [0.15, 0.2) is 12.1 Å². The molecule has 3 heterocycles. The lowest BCUT2D eigenvalue weighted by Crippen LogP contribution is -2.65. The number of para-hydroxylation sites is 1. The van der Waals surface area contributed by atoms with E-state index in [4.69, 9.17) is 12.6 Å². The van der Waals surface area contributed by atoms with E-state index in [1.54, 1.807) is 18.2 Å². The zero-order valence-corrected chi connectivity index (χ0v) is 21.7. The predicted molar refractivity (Wildman–Crippen MR) is 145 cm³/mol. The Morgan fingerprint density at radius 3 is 2.33 bits per heavy atom. The molecule has 6 rings (SSSR count). The summed E-state index contributed by atoms with van der Waals surface area (Å²) in [6.45, 7) is 2.93. The molecule has 2 radical (unpaired) electrons. The number of ketones is 1. The molecular weight excluding hydrogens is 515 g/mol. The molecule has 3 fully saturated rings. The van der Waals surface area contributed by atoms with Crippen LogP contribution in [-0.4, -0.2) is 56.4 Å². The number of Topliss-reactive ketones (excluding diaryl/α,β-unsaturated/α-hetero) is 1. The number of benzene rings is 3. The third kappa shape index (κ3) is 5.42. The fraction of sp³-hybridized carbons (Fsp3) is 0.310. The second-order valence-electron chi connectivity index (χ2n) is 9.96. The van der Waals surface area contributed by atoms with E-state index in [1.807, 2.05) is 60.7 Å². The molecule has 36 heavy (non-hydrogen) atoms. The van der Waals surface area contributed by atoms with Gasteiger partial charge in [-0.15, -0.1) is 0 Å². The normalized spacial score (nSPS) is 23.6. The van der Waals surface area contributed by atoms with Crippen molar-refractivity contribution in [2.45, 2.75) is 25.0 Å². The fourth-order valence-corrected chi connectivity index (χ4v) is 6.18. The molecule has 3 aromatic carbocycles. The molecule has 7 heteroatoms. The summed E-state index contributed by atoms with van der Waals surface area (Å²) >= 11 is 3.49. The Kier molecular flexibility index (Phi) is 7.31. The van der Waals surface area contributed by atoms with Crippen LogP contribution in [0.25, 0.3) is 0 Å². The van der Waals surface area contributed by atoms with Crippen LogP contribution in [0.3, 0.4) is 0 Å². The predicted octanol–water partition coefficient (Wildman–Crippen LogP) is 4.43. The Morgan fingerprint density at radius 2 is 1.67 bits per heavy atom. The van der Waals surface area contributed by atoms with Crippen LogP contribution in [0, 0.1) is 5.92 Å². The maximum Gasteiger partial charge on any atom is 0.333 e. The monoisotopic (exact) mass is 543 g/mol. The molecule has 5 nitrogen and oxygen atoms in total. The van der Waals surface area contributed by atoms with E-state index in [1.165, 1.54) is 0 Å². The first-order valence-electron chi connectivity index (χ1n) is 12.4. The molecule has 182 valence electrons. The fourth-order valence-electron chi connectivity index (χ4n) is 5.57. The number of ether oxygens (including phenoxy) is 1. The summed E-state index contributed by atoms with van der Waals surface area (Å²) in [5.74, 6) is 0.134. The van der Waals surface area contributed by atoms with Crippen LogP contribution in [0.2, 0.25) is 0 Å². The summed E-state index contributed by atoms with van der Waals surface area (Å²) in [5.41, 5.74) is 2.99. The second kappa shape index (κ2) is 10.6. The lowest BCUT2D eigenvalue weighted by Gasteiger charge is -2.51. The van der Waals surface area contributed by atoms with Gasteiger partial charge in [-0.25, -0.2) is 4.79 Å². The van der Waals surface area contributed by atoms with Crippen molar-refractivity contribution in [1.29, 1.82) is 0 Å². The number of hydrogen-bond acceptors (Lipinski definition) is 4. The van der Waals surface area contributed by atoms with Gasteiger partial charge in [0.05, 0.1) is 13.1 Å². The maximum atomic E-state index is 13.5. The lowest BCUT2D eigenvalue weighted by atomic mass is 9.82. The average Bonchev–Trinajstić information content (AvgIpc) is 2.88. The number of piperidine rings is 3. The first-order chi connectivity index (χ1) is 17.4. The average molecular weight is 544 g/mol. The molecule has 3 aliphatic rings. The molecule has 3 aliphatic heterocycles. The molecular formula is C29H29BBrN2O3+. The van der Waals surface area contributed by atoms with E-state index in [0.29, 0.717) is 34.5 Å². The Labute approximate surface area is 222 Å². The van der Waals surface area contributed by atoms with Crippen LogP contribution in [-0.2, 0) is 9.53 Å². The Balaban J connectivity index is 1.31. The van der Waals surface area contributed by atoms with Gasteiger partial charge in [0, 0.05) is 34.5 Å². The highest BCUT2D eigenvalue weighted by molar-refractivity contribution is 9.10. The van der Waals surface area contributed by atoms with Gasteiger partial charge in [0.1, 0.15) is 20.9 Å². The first-order valence-corrected chi connectivity index (χ1v) is 13.2. The van der Waals surface area contributed by atoms with Crippen LogP contribution in [0.15, 0.2) is 83.3 Å². The third-order valence-electron chi connectivity index (χ3n) is 7.53. The van der Waals surface area contributed by atoms with Gasteiger partial charge in [0.25, 0.3) is 0 Å². The van der Waals surface area contributed by atoms with Crippen molar-refractivity contribution in [2.24, 2.45) is 5.92 Å². The number of esters is 1. The van der Waals surface area contributed by atoms with Crippen molar-refractivity contribution in [1.82, 2.24) is 0 Å². The van der Waals surface area contributed by atoms with Crippen LogP contribution < -0.4 is 10.8 Å². The van der Waals surface area contributed by atoms with E-state index in [2.05, 4.69) is 21.2 Å². The van der Waals surface area contributed by atoms with E-state index < -0.39 is 6.04 Å². The zero-order valence-electron chi connectivity index (χ0n) is 20.1. The van der Waals surface area contributed by atoms with Gasteiger partial charge in [-0.05, 0) is 17.7 Å². The van der Waals surface area contributed by atoms with Crippen molar-refractivity contribution >= 4 is 46.7 Å².